The van der Waals surface area contributed by atoms with Gasteiger partial charge < -0.3 is 10.1 Å². The van der Waals surface area contributed by atoms with Gasteiger partial charge in [-0.15, -0.1) is 0 Å². The number of hydrogen-bond donors (Lipinski definition) is 1. The molecule has 0 aliphatic carbocycles. The van der Waals surface area contributed by atoms with E-state index in [0.29, 0.717) is 13.2 Å². The Hall–Kier alpha value is -1.88. The number of likely N-dealkylation sites (N-methyl/N-ethyl adjacent to an activating group) is 1. The third kappa shape index (κ3) is 3.82. The topological polar surface area (TPSA) is 58.6 Å². The van der Waals surface area contributed by atoms with Crippen LogP contribution in [0.15, 0.2) is 18.2 Å². The number of esters is 1. The Morgan fingerprint density at radius 3 is 2.90 bits per heavy atom. The molecule has 5 nitrogen and oxygen atoms in total. The third-order valence-electron chi connectivity index (χ3n) is 3.79. The van der Waals surface area contributed by atoms with E-state index in [1.165, 1.54) is 0 Å². The van der Waals surface area contributed by atoms with Crippen molar-refractivity contribution in [3.63, 3.8) is 0 Å². The molecule has 0 unspecified atom stereocenters. The first-order chi connectivity index (χ1) is 10.0. The van der Waals surface area contributed by atoms with Crippen LogP contribution in [0.4, 0.5) is 5.69 Å². The molecule has 1 heterocycles. The van der Waals surface area contributed by atoms with E-state index in [-0.39, 0.29) is 18.3 Å². The van der Waals surface area contributed by atoms with E-state index in [4.69, 9.17) is 4.74 Å². The molecule has 0 spiro atoms. The predicted molar refractivity (Wildman–Crippen MR) is 81.2 cm³/mol. The molecule has 1 aliphatic rings. The van der Waals surface area contributed by atoms with Crippen molar-refractivity contribution >= 4 is 17.6 Å². The lowest BCUT2D eigenvalue weighted by Crippen LogP contribution is -2.50. The molecular formula is C16H22N2O3. The number of aryl methyl sites for hydroxylation is 2. The molecule has 5 heteroatoms. The van der Waals surface area contributed by atoms with Gasteiger partial charge in [0.05, 0.1) is 6.42 Å². The van der Waals surface area contributed by atoms with Crippen molar-refractivity contribution in [2.75, 3.05) is 25.0 Å². The second kappa shape index (κ2) is 6.72. The van der Waals surface area contributed by atoms with Crippen LogP contribution in [-0.4, -0.2) is 42.5 Å². The number of cyclic esters (lactones) is 1. The van der Waals surface area contributed by atoms with Crippen LogP contribution < -0.4 is 5.32 Å². The molecule has 1 fully saturated rings. The van der Waals surface area contributed by atoms with Gasteiger partial charge >= 0.3 is 5.97 Å². The lowest BCUT2D eigenvalue weighted by Gasteiger charge is -2.32. The monoisotopic (exact) mass is 290 g/mol. The van der Waals surface area contributed by atoms with Gasteiger partial charge in [0.25, 0.3) is 0 Å². The second-order valence-corrected chi connectivity index (χ2v) is 5.38. The molecule has 0 radical (unpaired) electrons. The van der Waals surface area contributed by atoms with Crippen LogP contribution in [0, 0.1) is 13.8 Å². The fraction of sp³-hybridized carbons (Fsp3) is 0.500. The van der Waals surface area contributed by atoms with Crippen molar-refractivity contribution in [3.05, 3.63) is 29.3 Å². The maximum absolute atomic E-state index is 12.2. The summed E-state index contributed by atoms with van der Waals surface area (Å²) in [6.45, 7) is 7.73. The van der Waals surface area contributed by atoms with E-state index in [1.807, 2.05) is 43.9 Å². The SMILES string of the molecule is CCN1CCOC(=O)[C@@H]1CC(=O)Nc1cc(C)ccc1C. The highest BCUT2D eigenvalue weighted by atomic mass is 16.5. The number of carbonyl (C=O) groups is 2. The minimum Gasteiger partial charge on any atom is -0.463 e. The number of nitrogens with zero attached hydrogens (tertiary/aromatic N) is 1. The highest BCUT2D eigenvalue weighted by Gasteiger charge is 2.32. The Balaban J connectivity index is 2.03. The Morgan fingerprint density at radius 1 is 1.43 bits per heavy atom. The number of anilines is 1. The summed E-state index contributed by atoms with van der Waals surface area (Å²) in [5, 5.41) is 2.89. The van der Waals surface area contributed by atoms with Gasteiger partial charge in [-0.1, -0.05) is 19.1 Å². The molecular weight excluding hydrogens is 268 g/mol. The molecule has 1 aromatic rings. The zero-order valence-corrected chi connectivity index (χ0v) is 12.8. The summed E-state index contributed by atoms with van der Waals surface area (Å²) in [5.41, 5.74) is 2.89. The normalized spacial score (nSPS) is 19.2. The number of nitrogens with one attached hydrogen (secondary N) is 1. The molecule has 1 saturated heterocycles. The molecule has 0 saturated carbocycles. The number of amides is 1. The predicted octanol–water partition coefficient (Wildman–Crippen LogP) is 1.88. The number of ether oxygens (including phenoxy) is 1. The Bertz CT molecular complexity index is 542. The number of rotatable bonds is 4. The van der Waals surface area contributed by atoms with Crippen molar-refractivity contribution in [2.24, 2.45) is 0 Å². The molecule has 1 atom stereocenters. The fourth-order valence-corrected chi connectivity index (χ4v) is 2.50. The van der Waals surface area contributed by atoms with Crippen LogP contribution >= 0.6 is 0 Å². The molecule has 2 rings (SSSR count). The van der Waals surface area contributed by atoms with Crippen LogP contribution in [0.25, 0.3) is 0 Å². The molecule has 0 bridgehead atoms. The van der Waals surface area contributed by atoms with Crippen molar-refractivity contribution in [1.82, 2.24) is 4.90 Å². The second-order valence-electron chi connectivity index (χ2n) is 5.38. The fourth-order valence-electron chi connectivity index (χ4n) is 2.50. The third-order valence-corrected chi connectivity index (χ3v) is 3.79. The highest BCUT2D eigenvalue weighted by molar-refractivity contribution is 5.95. The Labute approximate surface area is 125 Å². The average molecular weight is 290 g/mol. The molecule has 21 heavy (non-hydrogen) atoms. The maximum atomic E-state index is 12.2. The van der Waals surface area contributed by atoms with Gasteiger partial charge in [0.15, 0.2) is 0 Å². The minimum atomic E-state index is -0.478. The van der Waals surface area contributed by atoms with E-state index in [1.54, 1.807) is 0 Å². The standard InChI is InChI=1S/C16H22N2O3/c1-4-18-7-8-21-16(20)14(18)10-15(19)17-13-9-11(2)5-6-12(13)3/h5-6,9,14H,4,7-8,10H2,1-3H3,(H,17,19)/t14-/m0/s1. The van der Waals surface area contributed by atoms with Gasteiger partial charge in [0.1, 0.15) is 12.6 Å². The van der Waals surface area contributed by atoms with Crippen LogP contribution in [0.3, 0.4) is 0 Å². The first-order valence-electron chi connectivity index (χ1n) is 7.29. The smallest absolute Gasteiger partial charge is 0.323 e. The largest absolute Gasteiger partial charge is 0.463 e. The summed E-state index contributed by atoms with van der Waals surface area (Å²) in [7, 11) is 0. The summed E-state index contributed by atoms with van der Waals surface area (Å²) < 4.78 is 5.06. The lowest BCUT2D eigenvalue weighted by molar-refractivity contribution is -0.158. The van der Waals surface area contributed by atoms with Crippen LogP contribution in [0.2, 0.25) is 0 Å². The van der Waals surface area contributed by atoms with Gasteiger partial charge in [-0.25, -0.2) is 0 Å². The van der Waals surface area contributed by atoms with E-state index in [2.05, 4.69) is 5.32 Å². The van der Waals surface area contributed by atoms with E-state index in [9.17, 15) is 9.59 Å². The van der Waals surface area contributed by atoms with E-state index < -0.39 is 6.04 Å². The van der Waals surface area contributed by atoms with Crippen LogP contribution in [0.5, 0.6) is 0 Å². The molecule has 1 N–H and O–H groups in total. The number of morpholine rings is 1. The van der Waals surface area contributed by atoms with Gasteiger partial charge in [-0.3, -0.25) is 14.5 Å². The zero-order valence-electron chi connectivity index (χ0n) is 12.8. The Kier molecular flexibility index (Phi) is 4.96. The zero-order chi connectivity index (χ0) is 15.4. The number of hydrogen-bond acceptors (Lipinski definition) is 4. The van der Waals surface area contributed by atoms with Crippen molar-refractivity contribution in [1.29, 1.82) is 0 Å². The van der Waals surface area contributed by atoms with E-state index in [0.717, 1.165) is 23.4 Å². The van der Waals surface area contributed by atoms with E-state index >= 15 is 0 Å². The lowest BCUT2D eigenvalue weighted by atomic mass is 10.1. The van der Waals surface area contributed by atoms with Crippen molar-refractivity contribution in [3.8, 4) is 0 Å². The summed E-state index contributed by atoms with van der Waals surface area (Å²) >= 11 is 0. The quantitative estimate of drug-likeness (QED) is 0.860. The maximum Gasteiger partial charge on any atom is 0.323 e. The van der Waals surface area contributed by atoms with Crippen molar-refractivity contribution in [2.45, 2.75) is 33.2 Å². The minimum absolute atomic E-state index is 0.125. The molecule has 114 valence electrons. The summed E-state index contributed by atoms with van der Waals surface area (Å²) in [5.74, 6) is -0.467. The van der Waals surface area contributed by atoms with Crippen LogP contribution in [0.1, 0.15) is 24.5 Å². The van der Waals surface area contributed by atoms with Gasteiger partial charge in [0.2, 0.25) is 5.91 Å². The van der Waals surface area contributed by atoms with Crippen LogP contribution in [-0.2, 0) is 14.3 Å². The summed E-state index contributed by atoms with van der Waals surface area (Å²) in [6.07, 6.45) is 0.125. The molecule has 1 aromatic carbocycles. The Morgan fingerprint density at radius 2 is 2.19 bits per heavy atom. The summed E-state index contributed by atoms with van der Waals surface area (Å²) in [4.78, 5) is 26.0. The first kappa shape index (κ1) is 15.5. The molecule has 0 aromatic heterocycles. The van der Waals surface area contributed by atoms with Gasteiger partial charge in [-0.2, -0.15) is 0 Å². The molecule has 1 amide bonds. The van der Waals surface area contributed by atoms with Gasteiger partial charge in [-0.05, 0) is 37.6 Å². The molecule has 1 aliphatic heterocycles. The number of benzene rings is 1. The first-order valence-corrected chi connectivity index (χ1v) is 7.29. The van der Waals surface area contributed by atoms with Crippen molar-refractivity contribution < 1.29 is 14.3 Å². The highest BCUT2D eigenvalue weighted by Crippen LogP contribution is 2.18. The average Bonchev–Trinajstić information content (AvgIpc) is 2.45. The number of carbonyl (C=O) groups excluding carboxylic acids is 2. The van der Waals surface area contributed by atoms with Gasteiger partial charge in [0, 0.05) is 12.2 Å². The summed E-state index contributed by atoms with van der Waals surface area (Å²) in [6, 6.07) is 5.43.